The van der Waals surface area contributed by atoms with E-state index >= 15 is 0 Å². The molecule has 0 unspecified atom stereocenters. The maximum absolute atomic E-state index is 6.06. The molecule has 7 heteroatoms. The molecule has 1 N–H and O–H groups in total. The van der Waals surface area contributed by atoms with Crippen molar-refractivity contribution in [3.05, 3.63) is 33.8 Å². The van der Waals surface area contributed by atoms with Gasteiger partial charge in [-0.3, -0.25) is 0 Å². The molecule has 0 atom stereocenters. The summed E-state index contributed by atoms with van der Waals surface area (Å²) in [6, 6.07) is 3.86. The molecule has 0 saturated carbocycles. The van der Waals surface area contributed by atoms with E-state index in [1.54, 1.807) is 0 Å². The fraction of sp³-hybridized carbons (Fsp3) is 0.333. The summed E-state index contributed by atoms with van der Waals surface area (Å²) in [5.41, 5.74) is -0.0705. The molecule has 2 aromatic rings. The quantitative estimate of drug-likeness (QED) is 0.642. The molecule has 4 nitrogen and oxygen atoms in total. The van der Waals surface area contributed by atoms with E-state index in [0.29, 0.717) is 5.82 Å². The van der Waals surface area contributed by atoms with Crippen LogP contribution in [0.2, 0.25) is 15.5 Å². The molecule has 0 aliphatic rings. The van der Waals surface area contributed by atoms with Crippen LogP contribution in [0.4, 0.5) is 11.6 Å². The van der Waals surface area contributed by atoms with Crippen LogP contribution in [0.15, 0.2) is 18.3 Å². The molecule has 0 spiro atoms. The SMILES string of the molecule is CC(C)(C)n1cccc1Nc1nc(Cl)nc(Cl)c1Cl. The Balaban J connectivity index is 2.40. The minimum absolute atomic E-state index is 0.0470. The number of nitrogens with zero attached hydrogens (tertiary/aromatic N) is 3. The fourth-order valence-corrected chi connectivity index (χ4v) is 2.18. The molecule has 19 heavy (non-hydrogen) atoms. The van der Waals surface area contributed by atoms with E-state index < -0.39 is 0 Å². The second-order valence-electron chi connectivity index (χ2n) is 5.01. The molecule has 2 rings (SSSR count). The smallest absolute Gasteiger partial charge is 0.225 e. The van der Waals surface area contributed by atoms with Crippen molar-refractivity contribution in [1.82, 2.24) is 14.5 Å². The number of aromatic nitrogens is 3. The van der Waals surface area contributed by atoms with E-state index in [1.807, 2.05) is 18.3 Å². The van der Waals surface area contributed by atoms with E-state index in [0.717, 1.165) is 5.82 Å². The molecule has 0 bridgehead atoms. The average Bonchev–Trinajstić information content (AvgIpc) is 2.73. The largest absolute Gasteiger partial charge is 0.329 e. The highest BCUT2D eigenvalue weighted by molar-refractivity contribution is 6.43. The minimum atomic E-state index is -0.0705. The van der Waals surface area contributed by atoms with Crippen LogP contribution in [0.25, 0.3) is 0 Å². The molecule has 2 aromatic heterocycles. The van der Waals surface area contributed by atoms with Crippen molar-refractivity contribution in [1.29, 1.82) is 0 Å². The van der Waals surface area contributed by atoms with Crippen molar-refractivity contribution in [2.75, 3.05) is 5.32 Å². The molecule has 0 aromatic carbocycles. The Morgan fingerprint density at radius 2 is 1.84 bits per heavy atom. The topological polar surface area (TPSA) is 42.7 Å². The highest BCUT2D eigenvalue weighted by atomic mass is 35.5. The summed E-state index contributed by atoms with van der Waals surface area (Å²) in [5.74, 6) is 1.23. The molecular weight excluding hydrogens is 307 g/mol. The maximum atomic E-state index is 6.06. The van der Waals surface area contributed by atoms with E-state index in [2.05, 4.69) is 40.6 Å². The summed E-state index contributed by atoms with van der Waals surface area (Å²) in [4.78, 5) is 7.82. The van der Waals surface area contributed by atoms with Gasteiger partial charge in [-0.2, -0.15) is 4.98 Å². The zero-order valence-electron chi connectivity index (χ0n) is 10.7. The van der Waals surface area contributed by atoms with Crippen LogP contribution in [0.3, 0.4) is 0 Å². The molecule has 0 aliphatic carbocycles. The lowest BCUT2D eigenvalue weighted by atomic mass is 10.1. The van der Waals surface area contributed by atoms with Crippen LogP contribution in [0, 0.1) is 0 Å². The first-order chi connectivity index (χ1) is 8.79. The lowest BCUT2D eigenvalue weighted by Crippen LogP contribution is -2.22. The van der Waals surface area contributed by atoms with Gasteiger partial charge < -0.3 is 9.88 Å². The Morgan fingerprint density at radius 3 is 2.47 bits per heavy atom. The van der Waals surface area contributed by atoms with Crippen LogP contribution in [0.1, 0.15) is 20.8 Å². The molecule has 0 amide bonds. The summed E-state index contributed by atoms with van der Waals surface area (Å²) < 4.78 is 2.06. The highest BCUT2D eigenvalue weighted by Crippen LogP contribution is 2.31. The summed E-state index contributed by atoms with van der Waals surface area (Å²) in [6.07, 6.45) is 1.97. The molecule has 0 radical (unpaired) electrons. The lowest BCUT2D eigenvalue weighted by Gasteiger charge is -2.24. The average molecular weight is 320 g/mol. The van der Waals surface area contributed by atoms with Gasteiger partial charge in [-0.1, -0.05) is 23.2 Å². The third-order valence-corrected chi connectivity index (χ3v) is 3.40. The van der Waals surface area contributed by atoms with Crippen molar-refractivity contribution < 1.29 is 0 Å². The predicted octanol–water partition coefficient (Wildman–Crippen LogP) is 4.74. The van der Waals surface area contributed by atoms with Crippen LogP contribution in [-0.4, -0.2) is 14.5 Å². The predicted molar refractivity (Wildman–Crippen MR) is 79.8 cm³/mol. The molecule has 0 saturated heterocycles. The standard InChI is InChI=1S/C12H13Cl3N4/c1-12(2,3)19-6-4-5-7(19)16-10-8(13)9(14)17-11(15)18-10/h4-6H,1-3H3,(H,16,17,18). The Hall–Kier alpha value is -0.970. The molecule has 2 heterocycles. The minimum Gasteiger partial charge on any atom is -0.329 e. The summed E-state index contributed by atoms with van der Waals surface area (Å²) in [7, 11) is 0. The molecule has 0 fully saturated rings. The molecule has 0 aliphatic heterocycles. The van der Waals surface area contributed by atoms with Crippen molar-refractivity contribution >= 4 is 46.4 Å². The van der Waals surface area contributed by atoms with Gasteiger partial charge in [0.15, 0.2) is 11.0 Å². The van der Waals surface area contributed by atoms with Gasteiger partial charge in [0.2, 0.25) is 5.28 Å². The Kier molecular flexibility index (Phi) is 3.95. The Labute approximate surface area is 126 Å². The molecular formula is C12H13Cl3N4. The van der Waals surface area contributed by atoms with Crippen LogP contribution < -0.4 is 5.32 Å². The van der Waals surface area contributed by atoms with Gasteiger partial charge in [-0.15, -0.1) is 0 Å². The van der Waals surface area contributed by atoms with E-state index in [1.165, 1.54) is 0 Å². The number of hydrogen-bond acceptors (Lipinski definition) is 3. The monoisotopic (exact) mass is 318 g/mol. The second-order valence-corrected chi connectivity index (χ2v) is 6.08. The van der Waals surface area contributed by atoms with Crippen molar-refractivity contribution in [2.45, 2.75) is 26.3 Å². The van der Waals surface area contributed by atoms with Crippen molar-refractivity contribution in [2.24, 2.45) is 0 Å². The van der Waals surface area contributed by atoms with Gasteiger partial charge in [-0.05, 0) is 44.5 Å². The third kappa shape index (κ3) is 3.14. The maximum Gasteiger partial charge on any atom is 0.225 e. The first-order valence-corrected chi connectivity index (χ1v) is 6.76. The zero-order chi connectivity index (χ0) is 14.2. The summed E-state index contributed by atoms with van der Waals surface area (Å²) in [6.45, 7) is 6.29. The van der Waals surface area contributed by atoms with Crippen molar-refractivity contribution in [3.63, 3.8) is 0 Å². The number of anilines is 2. The van der Waals surface area contributed by atoms with Crippen molar-refractivity contribution in [3.8, 4) is 0 Å². The zero-order valence-corrected chi connectivity index (χ0v) is 13.0. The number of halogens is 3. The number of nitrogens with one attached hydrogen (secondary N) is 1. The Morgan fingerprint density at radius 1 is 1.16 bits per heavy atom. The van der Waals surface area contributed by atoms with Crippen LogP contribution in [-0.2, 0) is 5.54 Å². The van der Waals surface area contributed by atoms with Gasteiger partial charge in [0.25, 0.3) is 0 Å². The van der Waals surface area contributed by atoms with Crippen LogP contribution >= 0.6 is 34.8 Å². The second kappa shape index (κ2) is 5.19. The lowest BCUT2D eigenvalue weighted by molar-refractivity contribution is 0.404. The number of rotatable bonds is 2. The summed E-state index contributed by atoms with van der Waals surface area (Å²) >= 11 is 17.7. The molecule has 102 valence electrons. The van der Waals surface area contributed by atoms with E-state index in [4.69, 9.17) is 34.8 Å². The van der Waals surface area contributed by atoms with Gasteiger partial charge in [0, 0.05) is 11.7 Å². The van der Waals surface area contributed by atoms with Gasteiger partial charge >= 0.3 is 0 Å². The van der Waals surface area contributed by atoms with E-state index in [-0.39, 0.29) is 21.0 Å². The Bertz CT molecular complexity index is 602. The highest BCUT2D eigenvalue weighted by Gasteiger charge is 2.17. The van der Waals surface area contributed by atoms with Gasteiger partial charge in [-0.25, -0.2) is 4.98 Å². The van der Waals surface area contributed by atoms with Crippen LogP contribution in [0.5, 0.6) is 0 Å². The summed E-state index contributed by atoms with van der Waals surface area (Å²) in [5, 5.41) is 3.53. The van der Waals surface area contributed by atoms with E-state index in [9.17, 15) is 0 Å². The number of hydrogen-bond donors (Lipinski definition) is 1. The normalized spacial score (nSPS) is 11.7. The van der Waals surface area contributed by atoms with Gasteiger partial charge in [0.1, 0.15) is 10.8 Å². The van der Waals surface area contributed by atoms with Gasteiger partial charge in [0.05, 0.1) is 0 Å². The fourth-order valence-electron chi connectivity index (χ4n) is 1.67. The first kappa shape index (κ1) is 14.4. The first-order valence-electron chi connectivity index (χ1n) is 5.62. The third-order valence-electron chi connectivity index (χ3n) is 2.50.